The summed E-state index contributed by atoms with van der Waals surface area (Å²) in [6.07, 6.45) is 0.816. The fraction of sp³-hybridized carbons (Fsp3) is 0.211. The van der Waals surface area contributed by atoms with Crippen molar-refractivity contribution in [3.8, 4) is 0 Å². The highest BCUT2D eigenvalue weighted by Crippen LogP contribution is 2.19. The third-order valence-electron chi connectivity index (χ3n) is 3.90. The Morgan fingerprint density at radius 1 is 1.08 bits per heavy atom. The number of oxazole rings is 1. The summed E-state index contributed by atoms with van der Waals surface area (Å²) in [5.74, 6) is -0.490. The second kappa shape index (κ2) is 7.26. The Bertz CT molecular complexity index is 1030. The van der Waals surface area contributed by atoms with Crippen LogP contribution in [0.15, 0.2) is 51.7 Å². The molecule has 0 bridgehead atoms. The van der Waals surface area contributed by atoms with E-state index in [2.05, 4.69) is 10.6 Å². The third-order valence-corrected chi connectivity index (χ3v) is 3.90. The van der Waals surface area contributed by atoms with Gasteiger partial charge in [-0.3, -0.25) is 9.36 Å². The fourth-order valence-corrected chi connectivity index (χ4v) is 2.69. The number of fused-ring (bicyclic) bond motifs is 1. The number of amides is 2. The van der Waals surface area contributed by atoms with Crippen molar-refractivity contribution in [3.05, 3.63) is 58.6 Å². The van der Waals surface area contributed by atoms with E-state index in [1.54, 1.807) is 47.0 Å². The summed E-state index contributed by atoms with van der Waals surface area (Å²) in [6, 6.07) is 11.3. The maximum absolute atomic E-state index is 12.2. The molecule has 2 aromatic carbocycles. The number of aromatic nitrogens is 1. The number of urea groups is 1. The van der Waals surface area contributed by atoms with Gasteiger partial charge in [0.05, 0.1) is 5.52 Å². The van der Waals surface area contributed by atoms with Crippen LogP contribution in [0.4, 0.5) is 16.2 Å². The number of hydrogen-bond donors (Lipinski definition) is 2. The Hall–Kier alpha value is -3.35. The minimum Gasteiger partial charge on any atom is -0.408 e. The van der Waals surface area contributed by atoms with Crippen LogP contribution in [-0.4, -0.2) is 16.4 Å². The van der Waals surface area contributed by atoms with Crippen molar-refractivity contribution >= 4 is 34.3 Å². The normalized spacial score (nSPS) is 10.7. The predicted octanol–water partition coefficient (Wildman–Crippen LogP) is 3.85. The zero-order valence-corrected chi connectivity index (χ0v) is 14.5. The number of Topliss-reactive ketones (excluding diaryl/α,β-unsaturated/α-hetero) is 1. The van der Waals surface area contributed by atoms with Crippen molar-refractivity contribution in [1.29, 1.82) is 0 Å². The second-order valence-electron chi connectivity index (χ2n) is 5.92. The van der Waals surface area contributed by atoms with Crippen molar-refractivity contribution in [2.45, 2.75) is 26.8 Å². The van der Waals surface area contributed by atoms with Gasteiger partial charge in [0.15, 0.2) is 11.4 Å². The SMILES string of the molecule is CCCn1c(=O)oc2cc(NC(=O)Nc3cccc(C(C)=O)c3)ccc21. The highest BCUT2D eigenvalue weighted by atomic mass is 16.4. The molecule has 0 aliphatic carbocycles. The van der Waals surface area contributed by atoms with Crippen LogP contribution in [0.25, 0.3) is 11.1 Å². The van der Waals surface area contributed by atoms with Gasteiger partial charge in [-0.25, -0.2) is 9.59 Å². The van der Waals surface area contributed by atoms with Crippen LogP contribution in [-0.2, 0) is 6.54 Å². The lowest BCUT2D eigenvalue weighted by atomic mass is 10.1. The highest BCUT2D eigenvalue weighted by Gasteiger charge is 2.11. The lowest BCUT2D eigenvalue weighted by Crippen LogP contribution is -2.19. The zero-order valence-electron chi connectivity index (χ0n) is 14.5. The van der Waals surface area contributed by atoms with Gasteiger partial charge in [-0.1, -0.05) is 19.1 Å². The number of nitrogens with zero attached hydrogens (tertiary/aromatic N) is 1. The fourth-order valence-electron chi connectivity index (χ4n) is 2.69. The molecule has 3 aromatic rings. The molecule has 7 nitrogen and oxygen atoms in total. The molecular formula is C19H19N3O4. The standard InChI is InChI=1S/C19H19N3O4/c1-3-9-22-16-8-7-15(11-17(16)26-19(22)25)21-18(24)20-14-6-4-5-13(10-14)12(2)23/h4-8,10-11H,3,9H2,1-2H3,(H2,20,21,24). The number of carbonyl (C=O) groups excluding carboxylic acids is 2. The van der Waals surface area contributed by atoms with Gasteiger partial charge in [-0.2, -0.15) is 0 Å². The maximum Gasteiger partial charge on any atom is 0.419 e. The average Bonchev–Trinajstić information content (AvgIpc) is 2.90. The number of aryl methyl sites for hydroxylation is 1. The Kier molecular flexibility index (Phi) is 4.88. The quantitative estimate of drug-likeness (QED) is 0.681. The van der Waals surface area contributed by atoms with Crippen LogP contribution >= 0.6 is 0 Å². The topological polar surface area (TPSA) is 93.3 Å². The molecule has 0 spiro atoms. The first-order valence-corrected chi connectivity index (χ1v) is 8.30. The number of rotatable bonds is 5. The predicted molar refractivity (Wildman–Crippen MR) is 99.9 cm³/mol. The minimum absolute atomic E-state index is 0.0777. The Labute approximate surface area is 149 Å². The second-order valence-corrected chi connectivity index (χ2v) is 5.92. The molecule has 7 heteroatoms. The molecule has 1 heterocycles. The van der Waals surface area contributed by atoms with Crippen LogP contribution < -0.4 is 16.4 Å². The van der Waals surface area contributed by atoms with E-state index in [-0.39, 0.29) is 5.78 Å². The number of anilines is 2. The van der Waals surface area contributed by atoms with Crippen LogP contribution in [0.5, 0.6) is 0 Å². The molecule has 2 amide bonds. The number of ketones is 1. The Morgan fingerprint density at radius 3 is 2.50 bits per heavy atom. The minimum atomic E-state index is -0.458. The molecule has 0 aliphatic heterocycles. The molecule has 0 fully saturated rings. The average molecular weight is 353 g/mol. The van der Waals surface area contributed by atoms with Crippen molar-refractivity contribution in [2.24, 2.45) is 0 Å². The third kappa shape index (κ3) is 3.66. The lowest BCUT2D eigenvalue weighted by Gasteiger charge is -2.08. The largest absolute Gasteiger partial charge is 0.419 e. The van der Waals surface area contributed by atoms with Gasteiger partial charge in [0.1, 0.15) is 0 Å². The summed E-state index contributed by atoms with van der Waals surface area (Å²) in [4.78, 5) is 35.4. The van der Waals surface area contributed by atoms with E-state index < -0.39 is 11.8 Å². The van der Waals surface area contributed by atoms with E-state index in [9.17, 15) is 14.4 Å². The van der Waals surface area contributed by atoms with Gasteiger partial charge in [-0.15, -0.1) is 0 Å². The van der Waals surface area contributed by atoms with Gasteiger partial charge in [0, 0.05) is 29.5 Å². The zero-order chi connectivity index (χ0) is 18.7. The first-order chi connectivity index (χ1) is 12.5. The molecule has 0 saturated carbocycles. The van der Waals surface area contributed by atoms with Crippen LogP contribution in [0.3, 0.4) is 0 Å². The molecule has 1 aromatic heterocycles. The highest BCUT2D eigenvalue weighted by molar-refractivity contribution is 6.02. The number of benzene rings is 2. The summed E-state index contributed by atoms with van der Waals surface area (Å²) >= 11 is 0. The van der Waals surface area contributed by atoms with E-state index in [1.165, 1.54) is 6.92 Å². The van der Waals surface area contributed by atoms with Crippen molar-refractivity contribution in [2.75, 3.05) is 10.6 Å². The van der Waals surface area contributed by atoms with Crippen LogP contribution in [0.1, 0.15) is 30.6 Å². The Morgan fingerprint density at radius 2 is 1.81 bits per heavy atom. The number of hydrogen-bond acceptors (Lipinski definition) is 4. The molecule has 0 unspecified atom stereocenters. The van der Waals surface area contributed by atoms with Crippen LogP contribution in [0, 0.1) is 0 Å². The van der Waals surface area contributed by atoms with E-state index in [0.717, 1.165) is 6.42 Å². The summed E-state index contributed by atoms with van der Waals surface area (Å²) in [5, 5.41) is 5.36. The van der Waals surface area contributed by atoms with Crippen LogP contribution in [0.2, 0.25) is 0 Å². The molecule has 0 aliphatic rings. The van der Waals surface area contributed by atoms with Gasteiger partial charge < -0.3 is 15.1 Å². The van der Waals surface area contributed by atoms with Gasteiger partial charge >= 0.3 is 11.8 Å². The molecule has 0 atom stereocenters. The molecule has 3 rings (SSSR count). The molecule has 0 radical (unpaired) electrons. The first kappa shape index (κ1) is 17.5. The maximum atomic E-state index is 12.2. The van der Waals surface area contributed by atoms with Crippen molar-refractivity contribution in [3.63, 3.8) is 0 Å². The Balaban J connectivity index is 1.76. The lowest BCUT2D eigenvalue weighted by molar-refractivity contribution is 0.101. The van der Waals surface area contributed by atoms with Gasteiger partial charge in [0.2, 0.25) is 0 Å². The van der Waals surface area contributed by atoms with E-state index in [0.29, 0.717) is 34.6 Å². The number of nitrogens with one attached hydrogen (secondary N) is 2. The molecule has 2 N–H and O–H groups in total. The summed E-state index contributed by atoms with van der Waals surface area (Å²) in [6.45, 7) is 4.02. The van der Waals surface area contributed by atoms with E-state index >= 15 is 0 Å². The number of carbonyl (C=O) groups is 2. The molecule has 26 heavy (non-hydrogen) atoms. The molecule has 0 saturated heterocycles. The van der Waals surface area contributed by atoms with E-state index in [4.69, 9.17) is 4.42 Å². The van der Waals surface area contributed by atoms with Gasteiger partial charge in [-0.05, 0) is 37.6 Å². The monoisotopic (exact) mass is 353 g/mol. The summed E-state index contributed by atoms with van der Waals surface area (Å²) < 4.78 is 6.79. The molecule has 134 valence electrons. The summed E-state index contributed by atoms with van der Waals surface area (Å²) in [7, 11) is 0. The molecular weight excluding hydrogens is 334 g/mol. The summed E-state index contributed by atoms with van der Waals surface area (Å²) in [5.41, 5.74) is 2.63. The van der Waals surface area contributed by atoms with Crippen molar-refractivity contribution < 1.29 is 14.0 Å². The smallest absolute Gasteiger partial charge is 0.408 e. The first-order valence-electron chi connectivity index (χ1n) is 8.30. The van der Waals surface area contributed by atoms with Gasteiger partial charge in [0.25, 0.3) is 0 Å². The van der Waals surface area contributed by atoms with Crippen molar-refractivity contribution in [1.82, 2.24) is 4.57 Å². The van der Waals surface area contributed by atoms with E-state index in [1.807, 2.05) is 6.92 Å².